The summed E-state index contributed by atoms with van der Waals surface area (Å²) in [7, 11) is 3.01. The molecule has 0 aromatic heterocycles. The Labute approximate surface area is 157 Å². The van der Waals surface area contributed by atoms with E-state index < -0.39 is 18.0 Å². The Kier molecular flexibility index (Phi) is 7.16. The van der Waals surface area contributed by atoms with Gasteiger partial charge in [-0.2, -0.15) is 0 Å². The highest BCUT2D eigenvalue weighted by molar-refractivity contribution is 5.95. The first-order valence-corrected chi connectivity index (χ1v) is 8.39. The predicted molar refractivity (Wildman–Crippen MR) is 98.5 cm³/mol. The molecule has 2 rings (SSSR count). The van der Waals surface area contributed by atoms with Crippen molar-refractivity contribution < 1.29 is 28.2 Å². The average Bonchev–Trinajstić information content (AvgIpc) is 2.67. The molecule has 0 bridgehead atoms. The molecule has 0 aliphatic heterocycles. The molecule has 0 unspecified atom stereocenters. The lowest BCUT2D eigenvalue weighted by Gasteiger charge is -2.15. The molecule has 1 atom stereocenters. The third-order valence-corrected chi connectivity index (χ3v) is 3.86. The van der Waals surface area contributed by atoms with Gasteiger partial charge in [0.15, 0.2) is 17.6 Å². The Morgan fingerprint density at radius 1 is 1.04 bits per heavy atom. The maximum Gasteiger partial charge on any atom is 0.306 e. The van der Waals surface area contributed by atoms with Gasteiger partial charge in [-0.1, -0.05) is 12.1 Å². The van der Waals surface area contributed by atoms with Crippen LogP contribution in [0.15, 0.2) is 42.5 Å². The van der Waals surface area contributed by atoms with Crippen molar-refractivity contribution in [1.29, 1.82) is 0 Å². The first kappa shape index (κ1) is 20.2. The van der Waals surface area contributed by atoms with Gasteiger partial charge in [0.2, 0.25) is 0 Å². The van der Waals surface area contributed by atoms with Crippen molar-refractivity contribution >= 4 is 17.6 Å². The number of nitrogens with one attached hydrogen (secondary N) is 1. The van der Waals surface area contributed by atoms with Crippen LogP contribution in [-0.4, -0.2) is 32.2 Å². The molecule has 0 saturated carbocycles. The molecule has 6 nitrogen and oxygen atoms in total. The molecule has 0 saturated heterocycles. The van der Waals surface area contributed by atoms with Gasteiger partial charge in [-0.15, -0.1) is 0 Å². The highest BCUT2D eigenvalue weighted by Gasteiger charge is 2.18. The van der Waals surface area contributed by atoms with Crippen LogP contribution in [0.3, 0.4) is 0 Å². The third-order valence-electron chi connectivity index (χ3n) is 3.86. The molecule has 2 aromatic rings. The number of hydrogen-bond acceptors (Lipinski definition) is 5. The van der Waals surface area contributed by atoms with Crippen molar-refractivity contribution in [1.82, 2.24) is 0 Å². The normalized spacial score (nSPS) is 11.4. The maximum absolute atomic E-state index is 12.9. The topological polar surface area (TPSA) is 73.9 Å². The first-order chi connectivity index (χ1) is 12.9. The van der Waals surface area contributed by atoms with Crippen LogP contribution >= 0.6 is 0 Å². The van der Waals surface area contributed by atoms with Crippen molar-refractivity contribution in [3.05, 3.63) is 53.8 Å². The van der Waals surface area contributed by atoms with E-state index in [1.807, 2.05) is 0 Å². The van der Waals surface area contributed by atoms with Crippen LogP contribution in [0.2, 0.25) is 0 Å². The van der Waals surface area contributed by atoms with Crippen LogP contribution in [0.25, 0.3) is 0 Å². The highest BCUT2D eigenvalue weighted by atomic mass is 19.1. The smallest absolute Gasteiger partial charge is 0.306 e. The molecule has 1 amide bonds. The molecule has 0 spiro atoms. The molecule has 0 radical (unpaired) electrons. The fourth-order valence-electron chi connectivity index (χ4n) is 2.36. The minimum atomic E-state index is -0.959. The SMILES string of the molecule is COc1ccc(NC(=O)[C@@H](C)OC(=O)CCc2ccc(F)cc2)cc1OC. The lowest BCUT2D eigenvalue weighted by molar-refractivity contribution is -0.153. The number of methoxy groups -OCH3 is 2. The summed E-state index contributed by atoms with van der Waals surface area (Å²) in [4.78, 5) is 24.1. The maximum atomic E-state index is 12.9. The van der Waals surface area contributed by atoms with E-state index in [9.17, 15) is 14.0 Å². The van der Waals surface area contributed by atoms with E-state index in [2.05, 4.69) is 5.32 Å². The zero-order chi connectivity index (χ0) is 19.8. The van der Waals surface area contributed by atoms with Gasteiger partial charge in [-0.3, -0.25) is 9.59 Å². The minimum absolute atomic E-state index is 0.0968. The zero-order valence-electron chi connectivity index (χ0n) is 15.5. The standard InChI is InChI=1S/C20H22FNO5/c1-13(27-19(23)11-6-14-4-7-15(21)8-5-14)20(24)22-16-9-10-17(25-2)18(12-16)26-3/h4-5,7-10,12-13H,6,11H2,1-3H3,(H,22,24)/t13-/m1/s1. The lowest BCUT2D eigenvalue weighted by Crippen LogP contribution is -2.30. The van der Waals surface area contributed by atoms with Crippen LogP contribution in [-0.2, 0) is 20.7 Å². The second kappa shape index (κ2) is 9.56. The summed E-state index contributed by atoms with van der Waals surface area (Å²) < 4.78 is 28.3. The molecule has 0 heterocycles. The molecule has 0 aliphatic rings. The number of amides is 1. The van der Waals surface area contributed by atoms with Gasteiger partial charge in [0, 0.05) is 18.2 Å². The van der Waals surface area contributed by atoms with Crippen LogP contribution in [0.4, 0.5) is 10.1 Å². The van der Waals surface area contributed by atoms with Gasteiger partial charge in [0.05, 0.1) is 14.2 Å². The van der Waals surface area contributed by atoms with Crippen molar-refractivity contribution in [2.24, 2.45) is 0 Å². The molecular weight excluding hydrogens is 353 g/mol. The molecule has 0 fully saturated rings. The van der Waals surface area contributed by atoms with E-state index in [1.165, 1.54) is 33.3 Å². The number of carbonyl (C=O) groups is 2. The number of aryl methyl sites for hydroxylation is 1. The number of rotatable bonds is 8. The Hall–Kier alpha value is -3.09. The number of benzene rings is 2. The fourth-order valence-corrected chi connectivity index (χ4v) is 2.36. The van der Waals surface area contributed by atoms with Crippen molar-refractivity contribution in [3.63, 3.8) is 0 Å². The van der Waals surface area contributed by atoms with Crippen LogP contribution in [0.1, 0.15) is 18.9 Å². The Balaban J connectivity index is 1.85. The van der Waals surface area contributed by atoms with E-state index in [1.54, 1.807) is 30.3 Å². The molecule has 7 heteroatoms. The van der Waals surface area contributed by atoms with E-state index in [-0.39, 0.29) is 12.2 Å². The molecule has 27 heavy (non-hydrogen) atoms. The quantitative estimate of drug-likeness (QED) is 0.717. The number of esters is 1. The van der Waals surface area contributed by atoms with Gasteiger partial charge in [0.1, 0.15) is 5.82 Å². The Bertz CT molecular complexity index is 791. The Morgan fingerprint density at radius 3 is 2.33 bits per heavy atom. The highest BCUT2D eigenvalue weighted by Crippen LogP contribution is 2.29. The van der Waals surface area contributed by atoms with Crippen LogP contribution < -0.4 is 14.8 Å². The molecular formula is C20H22FNO5. The number of halogens is 1. The summed E-state index contributed by atoms with van der Waals surface area (Å²) in [5.74, 6) is -0.288. The number of carbonyl (C=O) groups excluding carboxylic acids is 2. The summed E-state index contributed by atoms with van der Waals surface area (Å²) in [6, 6.07) is 10.8. The lowest BCUT2D eigenvalue weighted by atomic mass is 10.1. The molecule has 0 aliphatic carbocycles. The zero-order valence-corrected chi connectivity index (χ0v) is 15.5. The monoisotopic (exact) mass is 375 g/mol. The number of ether oxygens (including phenoxy) is 3. The Morgan fingerprint density at radius 2 is 1.70 bits per heavy atom. The molecule has 1 N–H and O–H groups in total. The van der Waals surface area contributed by atoms with E-state index in [0.29, 0.717) is 23.6 Å². The first-order valence-electron chi connectivity index (χ1n) is 8.39. The minimum Gasteiger partial charge on any atom is -0.493 e. The average molecular weight is 375 g/mol. The third kappa shape index (κ3) is 5.99. The van der Waals surface area contributed by atoms with E-state index in [4.69, 9.17) is 14.2 Å². The van der Waals surface area contributed by atoms with Gasteiger partial charge in [-0.05, 0) is 43.2 Å². The molecule has 2 aromatic carbocycles. The molecule has 144 valence electrons. The van der Waals surface area contributed by atoms with Gasteiger partial charge in [0.25, 0.3) is 5.91 Å². The summed E-state index contributed by atoms with van der Waals surface area (Å²) in [6.07, 6.45) is -0.457. The largest absolute Gasteiger partial charge is 0.493 e. The second-order valence-corrected chi connectivity index (χ2v) is 5.82. The van der Waals surface area contributed by atoms with Gasteiger partial charge >= 0.3 is 5.97 Å². The van der Waals surface area contributed by atoms with Crippen molar-refractivity contribution in [3.8, 4) is 11.5 Å². The van der Waals surface area contributed by atoms with E-state index in [0.717, 1.165) is 5.56 Å². The summed E-state index contributed by atoms with van der Waals surface area (Å²) in [5, 5.41) is 2.66. The fraction of sp³-hybridized carbons (Fsp3) is 0.300. The van der Waals surface area contributed by atoms with Crippen LogP contribution in [0, 0.1) is 5.82 Å². The van der Waals surface area contributed by atoms with Crippen molar-refractivity contribution in [2.75, 3.05) is 19.5 Å². The predicted octanol–water partition coefficient (Wildman–Crippen LogP) is 3.35. The van der Waals surface area contributed by atoms with Crippen LogP contribution in [0.5, 0.6) is 11.5 Å². The van der Waals surface area contributed by atoms with Gasteiger partial charge < -0.3 is 19.5 Å². The summed E-state index contributed by atoms with van der Waals surface area (Å²) in [6.45, 7) is 1.49. The van der Waals surface area contributed by atoms with Gasteiger partial charge in [-0.25, -0.2) is 4.39 Å². The van der Waals surface area contributed by atoms with E-state index >= 15 is 0 Å². The van der Waals surface area contributed by atoms with Crippen molar-refractivity contribution in [2.45, 2.75) is 25.9 Å². The summed E-state index contributed by atoms with van der Waals surface area (Å²) >= 11 is 0. The number of hydrogen-bond donors (Lipinski definition) is 1. The number of anilines is 1. The summed E-state index contributed by atoms with van der Waals surface area (Å²) in [5.41, 5.74) is 1.31. The second-order valence-electron chi connectivity index (χ2n) is 5.82.